The Morgan fingerprint density at radius 2 is 1.23 bits per heavy atom. The molecule has 0 aromatic heterocycles. The van der Waals surface area contributed by atoms with Gasteiger partial charge in [-0.2, -0.15) is 0 Å². The maximum atomic E-state index is 11.7. The molecule has 0 spiro atoms. The highest BCUT2D eigenvalue weighted by Gasteiger charge is 2.17. The van der Waals surface area contributed by atoms with E-state index in [4.69, 9.17) is 5.73 Å². The molecule has 1 aromatic rings. The van der Waals surface area contributed by atoms with Crippen LogP contribution in [0.4, 0.5) is 0 Å². The van der Waals surface area contributed by atoms with Crippen molar-refractivity contribution in [1.82, 2.24) is 0 Å². The second-order valence-electron chi connectivity index (χ2n) is 7.58. The van der Waals surface area contributed by atoms with Crippen LogP contribution in [0, 0.1) is 0 Å². The fourth-order valence-electron chi connectivity index (χ4n) is 3.55. The van der Waals surface area contributed by atoms with Crippen molar-refractivity contribution in [3.05, 3.63) is 29.8 Å². The maximum Gasteiger partial charge on any atom is 0.224 e. The van der Waals surface area contributed by atoms with Crippen molar-refractivity contribution in [2.75, 3.05) is 0 Å². The molecule has 0 radical (unpaired) electrons. The zero-order chi connectivity index (χ0) is 19.0. The smallest absolute Gasteiger partial charge is 0.224 e. The number of benzene rings is 1. The summed E-state index contributed by atoms with van der Waals surface area (Å²) in [6.45, 7) is 2.27. The van der Waals surface area contributed by atoms with E-state index >= 15 is 0 Å². The highest BCUT2D eigenvalue weighted by Crippen LogP contribution is 2.24. The van der Waals surface area contributed by atoms with Gasteiger partial charge in [-0.1, -0.05) is 103 Å². The minimum atomic E-state index is -0.269. The molecule has 0 fully saturated rings. The molecule has 0 aliphatic rings. The fraction of sp³-hybridized carbons (Fsp3) is 0.696. The van der Waals surface area contributed by atoms with Crippen LogP contribution in [0.3, 0.4) is 0 Å². The average Bonchev–Trinajstić information content (AvgIpc) is 2.63. The van der Waals surface area contributed by atoms with Gasteiger partial charge in [0.25, 0.3) is 0 Å². The summed E-state index contributed by atoms with van der Waals surface area (Å²) in [6, 6.07) is 6.84. The Hall–Kier alpha value is -1.51. The molecule has 0 aliphatic carbocycles. The van der Waals surface area contributed by atoms with Crippen molar-refractivity contribution in [2.24, 2.45) is 5.73 Å². The number of unbranched alkanes of at least 4 members (excludes halogenated alkanes) is 12. The highest BCUT2D eigenvalue weighted by molar-refractivity contribution is 5.81. The zero-order valence-electron chi connectivity index (χ0n) is 16.7. The van der Waals surface area contributed by atoms with Crippen molar-refractivity contribution in [3.8, 4) is 5.75 Å². The number of rotatable bonds is 16. The third-order valence-electron chi connectivity index (χ3n) is 5.24. The van der Waals surface area contributed by atoms with Gasteiger partial charge < -0.3 is 10.8 Å². The van der Waals surface area contributed by atoms with Crippen LogP contribution < -0.4 is 5.73 Å². The summed E-state index contributed by atoms with van der Waals surface area (Å²) in [5, 5.41) is 9.36. The van der Waals surface area contributed by atoms with E-state index in [0.29, 0.717) is 0 Å². The second kappa shape index (κ2) is 14.6. The molecule has 0 heterocycles. The van der Waals surface area contributed by atoms with Gasteiger partial charge in [0.2, 0.25) is 5.91 Å². The van der Waals surface area contributed by atoms with Gasteiger partial charge in [0.15, 0.2) is 0 Å². The lowest BCUT2D eigenvalue weighted by atomic mass is 9.92. The van der Waals surface area contributed by atoms with E-state index in [2.05, 4.69) is 6.92 Å². The predicted molar refractivity (Wildman–Crippen MR) is 110 cm³/mol. The number of phenols is 1. The summed E-state index contributed by atoms with van der Waals surface area (Å²) in [4.78, 5) is 11.7. The Balaban J connectivity index is 2.01. The lowest BCUT2D eigenvalue weighted by molar-refractivity contribution is -0.119. The van der Waals surface area contributed by atoms with Crippen molar-refractivity contribution in [3.63, 3.8) is 0 Å². The van der Waals surface area contributed by atoms with Crippen LogP contribution in [0.15, 0.2) is 24.3 Å². The number of carbonyl (C=O) groups is 1. The van der Waals surface area contributed by atoms with Gasteiger partial charge >= 0.3 is 0 Å². The SMILES string of the molecule is CCCCCCCCCCCCCCCC(C(N)=O)c1ccc(O)cc1. The molecule has 0 bridgehead atoms. The van der Waals surface area contributed by atoms with Gasteiger partial charge in [0.1, 0.15) is 5.75 Å². The first-order chi connectivity index (χ1) is 12.6. The molecule has 148 valence electrons. The second-order valence-corrected chi connectivity index (χ2v) is 7.58. The van der Waals surface area contributed by atoms with Crippen LogP contribution in [0.1, 0.15) is 108 Å². The molecule has 1 unspecified atom stereocenters. The van der Waals surface area contributed by atoms with Crippen molar-refractivity contribution < 1.29 is 9.90 Å². The normalized spacial score (nSPS) is 12.2. The highest BCUT2D eigenvalue weighted by atomic mass is 16.3. The molecular formula is C23H39NO2. The number of amides is 1. The van der Waals surface area contributed by atoms with E-state index in [1.165, 1.54) is 77.0 Å². The van der Waals surface area contributed by atoms with Gasteiger partial charge in [-0.05, 0) is 24.1 Å². The van der Waals surface area contributed by atoms with Crippen molar-refractivity contribution in [2.45, 2.75) is 103 Å². The van der Waals surface area contributed by atoms with E-state index in [1.54, 1.807) is 24.3 Å². The summed E-state index contributed by atoms with van der Waals surface area (Å²) < 4.78 is 0. The summed E-state index contributed by atoms with van der Waals surface area (Å²) >= 11 is 0. The first-order valence-electron chi connectivity index (χ1n) is 10.7. The summed E-state index contributed by atoms with van der Waals surface area (Å²) in [7, 11) is 0. The van der Waals surface area contributed by atoms with Crippen LogP contribution in [0.2, 0.25) is 0 Å². The number of carbonyl (C=O) groups excluding carboxylic acids is 1. The van der Waals surface area contributed by atoms with Crippen LogP contribution in [0.25, 0.3) is 0 Å². The summed E-state index contributed by atoms with van der Waals surface area (Å²) in [5.74, 6) is -0.282. The third kappa shape index (κ3) is 10.5. The zero-order valence-corrected chi connectivity index (χ0v) is 16.7. The number of nitrogens with two attached hydrogens (primary N) is 1. The monoisotopic (exact) mass is 361 g/mol. The van der Waals surface area contributed by atoms with Crippen LogP contribution >= 0.6 is 0 Å². The topological polar surface area (TPSA) is 63.3 Å². The number of phenolic OH excluding ortho intramolecular Hbond substituents is 1. The van der Waals surface area contributed by atoms with Gasteiger partial charge in [-0.25, -0.2) is 0 Å². The van der Waals surface area contributed by atoms with E-state index in [-0.39, 0.29) is 17.6 Å². The van der Waals surface area contributed by atoms with Crippen LogP contribution in [-0.4, -0.2) is 11.0 Å². The molecule has 3 nitrogen and oxygen atoms in total. The molecule has 1 aromatic carbocycles. The van der Waals surface area contributed by atoms with E-state index in [9.17, 15) is 9.90 Å². The molecule has 0 saturated heterocycles. The summed E-state index contributed by atoms with van der Waals surface area (Å²) in [5.41, 5.74) is 6.46. The van der Waals surface area contributed by atoms with Gasteiger partial charge in [-0.3, -0.25) is 4.79 Å². The molecule has 1 amide bonds. The number of hydrogen-bond acceptors (Lipinski definition) is 2. The van der Waals surface area contributed by atoms with Gasteiger partial charge in [0.05, 0.1) is 5.92 Å². The Morgan fingerprint density at radius 3 is 1.65 bits per heavy atom. The fourth-order valence-corrected chi connectivity index (χ4v) is 3.55. The van der Waals surface area contributed by atoms with Gasteiger partial charge in [-0.15, -0.1) is 0 Å². The van der Waals surface area contributed by atoms with E-state index in [1.807, 2.05) is 0 Å². The quantitative estimate of drug-likeness (QED) is 0.333. The molecule has 26 heavy (non-hydrogen) atoms. The predicted octanol–water partition coefficient (Wildman–Crippen LogP) is 6.44. The minimum absolute atomic E-state index is 0.220. The largest absolute Gasteiger partial charge is 0.508 e. The van der Waals surface area contributed by atoms with E-state index < -0.39 is 0 Å². The van der Waals surface area contributed by atoms with Crippen molar-refractivity contribution >= 4 is 5.91 Å². The Bertz CT molecular complexity index is 470. The first-order valence-corrected chi connectivity index (χ1v) is 10.7. The van der Waals surface area contributed by atoms with E-state index in [0.717, 1.165) is 18.4 Å². The molecule has 1 atom stereocenters. The van der Waals surface area contributed by atoms with Crippen molar-refractivity contribution in [1.29, 1.82) is 0 Å². The minimum Gasteiger partial charge on any atom is -0.508 e. The average molecular weight is 362 g/mol. The molecule has 3 heteroatoms. The van der Waals surface area contributed by atoms with Crippen LogP contribution in [-0.2, 0) is 4.79 Å². The lowest BCUT2D eigenvalue weighted by Crippen LogP contribution is -2.21. The maximum absolute atomic E-state index is 11.7. The summed E-state index contributed by atoms with van der Waals surface area (Å²) in [6.07, 6.45) is 18.0. The Kier molecular flexibility index (Phi) is 12.7. The third-order valence-corrected chi connectivity index (χ3v) is 5.24. The van der Waals surface area contributed by atoms with Crippen LogP contribution in [0.5, 0.6) is 5.75 Å². The Labute approximate surface area is 160 Å². The standard InChI is InChI=1S/C23H39NO2/c1-2-3-4-5-6-7-8-9-10-11-12-13-14-15-22(23(24)26)20-16-18-21(25)19-17-20/h16-19,22,25H,2-15H2,1H3,(H2,24,26). The number of primary amides is 1. The molecule has 0 saturated carbocycles. The first kappa shape index (κ1) is 22.5. The number of hydrogen-bond donors (Lipinski definition) is 2. The molecular weight excluding hydrogens is 322 g/mol. The van der Waals surface area contributed by atoms with Gasteiger partial charge in [0, 0.05) is 0 Å². The lowest BCUT2D eigenvalue weighted by Gasteiger charge is -2.13. The number of aromatic hydroxyl groups is 1. The Morgan fingerprint density at radius 1 is 0.808 bits per heavy atom. The molecule has 1 rings (SSSR count). The molecule has 0 aliphatic heterocycles. The molecule has 3 N–H and O–H groups in total.